The van der Waals surface area contributed by atoms with E-state index in [0.717, 1.165) is 36.1 Å². The van der Waals surface area contributed by atoms with Crippen molar-refractivity contribution in [3.63, 3.8) is 0 Å². The molecule has 2 aromatic rings. The van der Waals surface area contributed by atoms with E-state index in [-0.39, 0.29) is 0 Å². The Kier molecular flexibility index (Phi) is 5.84. The Balaban J connectivity index is 1.48. The number of sulfonamides is 1. The molecule has 1 aromatic heterocycles. The third kappa shape index (κ3) is 4.09. The highest BCUT2D eigenvalue weighted by molar-refractivity contribution is 7.89. The van der Waals surface area contributed by atoms with Crippen LogP contribution in [-0.4, -0.2) is 69.1 Å². The molecule has 8 nitrogen and oxygen atoms in total. The van der Waals surface area contributed by atoms with Crippen LogP contribution in [0.4, 0.5) is 11.8 Å². The summed E-state index contributed by atoms with van der Waals surface area (Å²) in [7, 11) is -1.95. The predicted molar refractivity (Wildman–Crippen MR) is 117 cm³/mol. The predicted octanol–water partition coefficient (Wildman–Crippen LogP) is 2.21. The molecule has 30 heavy (non-hydrogen) atoms. The van der Waals surface area contributed by atoms with Crippen LogP contribution in [0.1, 0.15) is 24.1 Å². The lowest BCUT2D eigenvalue weighted by Crippen LogP contribution is -2.49. The Morgan fingerprint density at radius 3 is 2.23 bits per heavy atom. The van der Waals surface area contributed by atoms with Gasteiger partial charge >= 0.3 is 0 Å². The Hall–Kier alpha value is -2.39. The smallest absolute Gasteiger partial charge is 0.243 e. The summed E-state index contributed by atoms with van der Waals surface area (Å²) in [4.78, 5) is 14.1. The van der Waals surface area contributed by atoms with E-state index in [1.165, 1.54) is 12.8 Å². The lowest BCUT2D eigenvalue weighted by Gasteiger charge is -2.35. The standard InChI is InChI=1S/C21H29N5O3S/c1-16-14-18(6-7-19(16)29-3)30(27,28)26-12-10-24(11-13-26)20-15-17(2)22-21(23-20)25-8-4-5-9-25/h6-7,14-15H,4-5,8-13H2,1-3H3. The maximum atomic E-state index is 13.1. The van der Waals surface area contributed by atoms with Gasteiger partial charge in [0, 0.05) is 51.0 Å². The summed E-state index contributed by atoms with van der Waals surface area (Å²) < 4.78 is 33.0. The lowest BCUT2D eigenvalue weighted by molar-refractivity contribution is 0.383. The molecule has 9 heteroatoms. The van der Waals surface area contributed by atoms with E-state index in [1.54, 1.807) is 29.6 Å². The first-order valence-electron chi connectivity index (χ1n) is 10.4. The first-order chi connectivity index (χ1) is 14.4. The van der Waals surface area contributed by atoms with Gasteiger partial charge in [-0.25, -0.2) is 13.4 Å². The number of ether oxygens (including phenoxy) is 1. The molecule has 0 atom stereocenters. The van der Waals surface area contributed by atoms with Crippen LogP contribution in [0.3, 0.4) is 0 Å². The molecule has 0 saturated carbocycles. The minimum absolute atomic E-state index is 0.309. The molecule has 3 heterocycles. The van der Waals surface area contributed by atoms with Crippen LogP contribution >= 0.6 is 0 Å². The Bertz CT molecular complexity index is 1010. The molecule has 0 bridgehead atoms. The number of anilines is 2. The minimum Gasteiger partial charge on any atom is -0.496 e. The van der Waals surface area contributed by atoms with E-state index < -0.39 is 10.0 Å². The monoisotopic (exact) mass is 431 g/mol. The van der Waals surface area contributed by atoms with Crippen LogP contribution in [0.2, 0.25) is 0 Å². The van der Waals surface area contributed by atoms with Gasteiger partial charge in [0.2, 0.25) is 16.0 Å². The van der Waals surface area contributed by atoms with E-state index in [1.807, 2.05) is 19.9 Å². The van der Waals surface area contributed by atoms with E-state index in [2.05, 4.69) is 14.8 Å². The number of aromatic nitrogens is 2. The van der Waals surface area contributed by atoms with Gasteiger partial charge in [0.25, 0.3) is 0 Å². The Morgan fingerprint density at radius 2 is 1.60 bits per heavy atom. The topological polar surface area (TPSA) is 78.9 Å². The van der Waals surface area contributed by atoms with Crippen molar-refractivity contribution in [3.05, 3.63) is 35.5 Å². The van der Waals surface area contributed by atoms with Crippen molar-refractivity contribution >= 4 is 21.8 Å². The average molecular weight is 432 g/mol. The first kappa shape index (κ1) is 20.9. The van der Waals surface area contributed by atoms with Crippen LogP contribution in [0.15, 0.2) is 29.2 Å². The van der Waals surface area contributed by atoms with Crippen LogP contribution in [0, 0.1) is 13.8 Å². The van der Waals surface area contributed by atoms with Gasteiger partial charge in [-0.05, 0) is 50.5 Å². The molecule has 2 saturated heterocycles. The zero-order chi connectivity index (χ0) is 21.3. The third-order valence-electron chi connectivity index (χ3n) is 5.78. The zero-order valence-electron chi connectivity index (χ0n) is 17.8. The van der Waals surface area contributed by atoms with Crippen molar-refractivity contribution in [2.75, 3.05) is 56.2 Å². The summed E-state index contributed by atoms with van der Waals surface area (Å²) in [5.74, 6) is 2.35. The van der Waals surface area contributed by atoms with E-state index in [9.17, 15) is 8.42 Å². The van der Waals surface area contributed by atoms with Crippen LogP contribution in [0.5, 0.6) is 5.75 Å². The average Bonchev–Trinajstić information content (AvgIpc) is 3.28. The molecule has 0 spiro atoms. The summed E-state index contributed by atoms with van der Waals surface area (Å²) in [6, 6.07) is 6.98. The molecule has 0 radical (unpaired) electrons. The van der Waals surface area contributed by atoms with E-state index >= 15 is 0 Å². The third-order valence-corrected chi connectivity index (χ3v) is 7.68. The van der Waals surface area contributed by atoms with Gasteiger partial charge in [0.1, 0.15) is 11.6 Å². The molecule has 4 rings (SSSR count). The van der Waals surface area contributed by atoms with Crippen LogP contribution < -0.4 is 14.5 Å². The van der Waals surface area contributed by atoms with Gasteiger partial charge in [-0.3, -0.25) is 0 Å². The Labute approximate surface area is 178 Å². The number of hydrogen-bond acceptors (Lipinski definition) is 7. The van der Waals surface area contributed by atoms with E-state index in [0.29, 0.717) is 36.8 Å². The summed E-state index contributed by atoms with van der Waals surface area (Å²) in [6.45, 7) is 7.88. The Morgan fingerprint density at radius 1 is 0.900 bits per heavy atom. The molecule has 0 aliphatic carbocycles. The number of piperazine rings is 1. The van der Waals surface area contributed by atoms with Crippen molar-refractivity contribution in [2.45, 2.75) is 31.6 Å². The molecule has 1 aromatic carbocycles. The SMILES string of the molecule is COc1ccc(S(=O)(=O)N2CCN(c3cc(C)nc(N4CCCC4)n3)CC2)cc1C. The fraction of sp³-hybridized carbons (Fsp3) is 0.524. The van der Waals surface area contributed by atoms with Gasteiger partial charge in [-0.1, -0.05) is 0 Å². The van der Waals surface area contributed by atoms with Gasteiger partial charge in [0.15, 0.2) is 0 Å². The van der Waals surface area contributed by atoms with Crippen molar-refractivity contribution in [1.29, 1.82) is 0 Å². The van der Waals surface area contributed by atoms with Crippen LogP contribution in [0.25, 0.3) is 0 Å². The summed E-state index contributed by atoms with van der Waals surface area (Å²) in [5.41, 5.74) is 1.74. The minimum atomic E-state index is -3.53. The van der Waals surface area contributed by atoms with Crippen molar-refractivity contribution in [1.82, 2.24) is 14.3 Å². The molecular weight excluding hydrogens is 402 g/mol. The fourth-order valence-electron chi connectivity index (χ4n) is 4.08. The number of aryl methyl sites for hydroxylation is 2. The molecule has 2 aliphatic heterocycles. The molecule has 0 unspecified atom stereocenters. The number of benzene rings is 1. The van der Waals surface area contributed by atoms with Crippen molar-refractivity contribution in [3.8, 4) is 5.75 Å². The highest BCUT2D eigenvalue weighted by atomic mass is 32.2. The first-order valence-corrected chi connectivity index (χ1v) is 11.8. The number of hydrogen-bond donors (Lipinski definition) is 0. The maximum Gasteiger partial charge on any atom is 0.243 e. The highest BCUT2D eigenvalue weighted by Gasteiger charge is 2.30. The molecule has 2 fully saturated rings. The number of rotatable bonds is 5. The highest BCUT2D eigenvalue weighted by Crippen LogP contribution is 2.26. The normalized spacial score (nSPS) is 18.1. The summed E-state index contributed by atoms with van der Waals surface area (Å²) in [5, 5.41) is 0. The fourth-order valence-corrected chi connectivity index (χ4v) is 5.58. The molecule has 0 N–H and O–H groups in total. The molecule has 162 valence electrons. The number of methoxy groups -OCH3 is 1. The zero-order valence-corrected chi connectivity index (χ0v) is 18.7. The largest absolute Gasteiger partial charge is 0.496 e. The van der Waals surface area contributed by atoms with Crippen LogP contribution in [-0.2, 0) is 10.0 Å². The van der Waals surface area contributed by atoms with E-state index in [4.69, 9.17) is 9.72 Å². The summed E-state index contributed by atoms with van der Waals surface area (Å²) >= 11 is 0. The summed E-state index contributed by atoms with van der Waals surface area (Å²) in [6.07, 6.45) is 2.35. The van der Waals surface area contributed by atoms with Crippen molar-refractivity contribution in [2.24, 2.45) is 0 Å². The van der Waals surface area contributed by atoms with Crippen molar-refractivity contribution < 1.29 is 13.2 Å². The second kappa shape index (κ2) is 8.39. The lowest BCUT2D eigenvalue weighted by atomic mass is 10.2. The van der Waals surface area contributed by atoms with Gasteiger partial charge < -0.3 is 14.5 Å². The van der Waals surface area contributed by atoms with Gasteiger partial charge in [0.05, 0.1) is 12.0 Å². The quantitative estimate of drug-likeness (QED) is 0.718. The molecular formula is C21H29N5O3S. The molecule has 2 aliphatic rings. The second-order valence-electron chi connectivity index (χ2n) is 7.88. The molecule has 0 amide bonds. The maximum absolute atomic E-state index is 13.1. The second-order valence-corrected chi connectivity index (χ2v) is 9.82. The van der Waals surface area contributed by atoms with Gasteiger partial charge in [-0.15, -0.1) is 0 Å². The number of nitrogens with zero attached hydrogens (tertiary/aromatic N) is 5. The van der Waals surface area contributed by atoms with Gasteiger partial charge in [-0.2, -0.15) is 9.29 Å².